The number of aromatic nitrogens is 1. The van der Waals surface area contributed by atoms with Crippen molar-refractivity contribution in [1.29, 1.82) is 0 Å². The van der Waals surface area contributed by atoms with E-state index >= 15 is 0 Å². The van der Waals surface area contributed by atoms with E-state index in [1.54, 1.807) is 12.1 Å². The molecule has 1 aromatic heterocycles. The Morgan fingerprint density at radius 3 is 1.96 bits per heavy atom. The number of hydrogen-bond acceptors (Lipinski definition) is 4. The van der Waals surface area contributed by atoms with E-state index in [1.807, 2.05) is 72.8 Å². The Morgan fingerprint density at radius 2 is 1.37 bits per heavy atom. The van der Waals surface area contributed by atoms with Crippen LogP contribution in [0.3, 0.4) is 0 Å². The van der Waals surface area contributed by atoms with E-state index in [1.165, 1.54) is 7.11 Å². The van der Waals surface area contributed by atoms with Crippen LogP contribution < -0.4 is 0 Å². The molecule has 4 nitrogen and oxygen atoms in total. The van der Waals surface area contributed by atoms with Gasteiger partial charge in [-0.2, -0.15) is 0 Å². The van der Waals surface area contributed by atoms with Crippen LogP contribution in [0, 0.1) is 0 Å². The Hall–Kier alpha value is -3.66. The summed E-state index contributed by atoms with van der Waals surface area (Å²) in [6.07, 6.45) is 0. The SMILES string of the molecule is COC(=O)c1ccc(-c2oc(-c3ccccc3)nc2-c2ccccc2)cc1. The van der Waals surface area contributed by atoms with Crippen LogP contribution >= 0.6 is 0 Å². The van der Waals surface area contributed by atoms with Gasteiger partial charge in [-0.15, -0.1) is 0 Å². The van der Waals surface area contributed by atoms with Crippen LogP contribution in [-0.4, -0.2) is 18.1 Å². The van der Waals surface area contributed by atoms with E-state index in [0.717, 1.165) is 22.4 Å². The first-order valence-electron chi connectivity index (χ1n) is 8.56. The number of carbonyl (C=O) groups excluding carboxylic acids is 1. The monoisotopic (exact) mass is 355 g/mol. The third-order valence-electron chi connectivity index (χ3n) is 4.26. The molecular formula is C23H17NO3. The molecule has 4 rings (SSSR count). The summed E-state index contributed by atoms with van der Waals surface area (Å²) in [6, 6.07) is 26.8. The summed E-state index contributed by atoms with van der Waals surface area (Å²) < 4.78 is 10.9. The first kappa shape index (κ1) is 16.8. The maximum Gasteiger partial charge on any atom is 0.337 e. The molecule has 0 unspecified atom stereocenters. The molecule has 0 fully saturated rings. The molecule has 0 atom stereocenters. The lowest BCUT2D eigenvalue weighted by Crippen LogP contribution is -2.00. The summed E-state index contributed by atoms with van der Waals surface area (Å²) >= 11 is 0. The van der Waals surface area contributed by atoms with Crippen LogP contribution in [0.1, 0.15) is 10.4 Å². The predicted octanol–water partition coefficient (Wildman–Crippen LogP) is 5.46. The van der Waals surface area contributed by atoms with E-state index < -0.39 is 0 Å². The molecular weight excluding hydrogens is 338 g/mol. The molecule has 27 heavy (non-hydrogen) atoms. The second kappa shape index (κ2) is 7.30. The summed E-state index contributed by atoms with van der Waals surface area (Å²) in [4.78, 5) is 16.4. The fraction of sp³-hybridized carbons (Fsp3) is 0.0435. The number of hydrogen-bond donors (Lipinski definition) is 0. The summed E-state index contributed by atoms with van der Waals surface area (Å²) in [6.45, 7) is 0. The van der Waals surface area contributed by atoms with Crippen molar-refractivity contribution in [1.82, 2.24) is 4.98 Å². The quantitative estimate of drug-likeness (QED) is 0.456. The molecule has 0 saturated heterocycles. The number of rotatable bonds is 4. The molecule has 0 bridgehead atoms. The minimum Gasteiger partial charge on any atom is -0.465 e. The van der Waals surface area contributed by atoms with Crippen molar-refractivity contribution in [2.24, 2.45) is 0 Å². The molecule has 3 aromatic carbocycles. The maximum absolute atomic E-state index is 11.7. The van der Waals surface area contributed by atoms with E-state index in [0.29, 0.717) is 17.2 Å². The van der Waals surface area contributed by atoms with Gasteiger partial charge >= 0.3 is 5.97 Å². The van der Waals surface area contributed by atoms with Gasteiger partial charge in [0.25, 0.3) is 0 Å². The van der Waals surface area contributed by atoms with Crippen LogP contribution in [0.5, 0.6) is 0 Å². The lowest BCUT2D eigenvalue weighted by Gasteiger charge is -2.03. The van der Waals surface area contributed by atoms with Crippen molar-refractivity contribution >= 4 is 5.97 Å². The van der Waals surface area contributed by atoms with Crippen molar-refractivity contribution in [2.45, 2.75) is 0 Å². The smallest absolute Gasteiger partial charge is 0.337 e. The van der Waals surface area contributed by atoms with Crippen LogP contribution in [0.2, 0.25) is 0 Å². The fourth-order valence-corrected chi connectivity index (χ4v) is 2.89. The van der Waals surface area contributed by atoms with Gasteiger partial charge in [0, 0.05) is 16.7 Å². The highest BCUT2D eigenvalue weighted by Gasteiger charge is 2.18. The molecule has 0 N–H and O–H groups in total. The average Bonchev–Trinajstić information content (AvgIpc) is 3.20. The van der Waals surface area contributed by atoms with Gasteiger partial charge in [-0.05, 0) is 24.3 Å². The zero-order chi connectivity index (χ0) is 18.6. The number of methoxy groups -OCH3 is 1. The van der Waals surface area contributed by atoms with E-state index in [9.17, 15) is 4.79 Å². The number of oxazole rings is 1. The maximum atomic E-state index is 11.7. The van der Waals surface area contributed by atoms with Gasteiger partial charge < -0.3 is 9.15 Å². The zero-order valence-electron chi connectivity index (χ0n) is 14.8. The Balaban J connectivity index is 1.83. The molecule has 1 heterocycles. The lowest BCUT2D eigenvalue weighted by atomic mass is 10.0. The first-order chi connectivity index (χ1) is 13.3. The van der Waals surface area contributed by atoms with E-state index in [-0.39, 0.29) is 5.97 Å². The molecule has 0 spiro atoms. The molecule has 0 amide bonds. The Bertz CT molecular complexity index is 1050. The van der Waals surface area contributed by atoms with Gasteiger partial charge in [-0.25, -0.2) is 9.78 Å². The molecule has 0 saturated carbocycles. The molecule has 0 aliphatic heterocycles. The van der Waals surface area contributed by atoms with Crippen LogP contribution in [0.25, 0.3) is 34.0 Å². The van der Waals surface area contributed by atoms with Gasteiger partial charge in [0.15, 0.2) is 5.76 Å². The minimum atomic E-state index is -0.368. The third kappa shape index (κ3) is 3.37. The third-order valence-corrected chi connectivity index (χ3v) is 4.26. The summed E-state index contributed by atoms with van der Waals surface area (Å²) in [5.74, 6) is 0.852. The first-order valence-corrected chi connectivity index (χ1v) is 8.56. The normalized spacial score (nSPS) is 10.6. The summed E-state index contributed by atoms with van der Waals surface area (Å²) in [7, 11) is 1.37. The second-order valence-corrected chi connectivity index (χ2v) is 6.00. The van der Waals surface area contributed by atoms with Gasteiger partial charge in [0.1, 0.15) is 5.69 Å². The topological polar surface area (TPSA) is 52.3 Å². The number of nitrogens with zero attached hydrogens (tertiary/aromatic N) is 1. The molecule has 4 aromatic rings. The van der Waals surface area contributed by atoms with E-state index in [4.69, 9.17) is 14.1 Å². The highest BCUT2D eigenvalue weighted by atomic mass is 16.5. The molecule has 0 aliphatic rings. The van der Waals surface area contributed by atoms with E-state index in [2.05, 4.69) is 0 Å². The van der Waals surface area contributed by atoms with Crippen molar-refractivity contribution in [3.8, 4) is 34.0 Å². The Morgan fingerprint density at radius 1 is 0.778 bits per heavy atom. The van der Waals surface area contributed by atoms with Crippen LogP contribution in [-0.2, 0) is 4.74 Å². The van der Waals surface area contributed by atoms with Crippen molar-refractivity contribution < 1.29 is 13.9 Å². The predicted molar refractivity (Wildman–Crippen MR) is 104 cm³/mol. The van der Waals surface area contributed by atoms with Gasteiger partial charge in [0.05, 0.1) is 12.7 Å². The number of benzene rings is 3. The minimum absolute atomic E-state index is 0.368. The lowest BCUT2D eigenvalue weighted by molar-refractivity contribution is 0.0600. The number of carbonyl (C=O) groups is 1. The van der Waals surface area contributed by atoms with Crippen molar-refractivity contribution in [3.63, 3.8) is 0 Å². The van der Waals surface area contributed by atoms with Crippen molar-refractivity contribution in [2.75, 3.05) is 7.11 Å². The highest BCUT2D eigenvalue weighted by molar-refractivity contribution is 5.90. The molecule has 0 aliphatic carbocycles. The molecule has 0 radical (unpaired) electrons. The summed E-state index contributed by atoms with van der Waals surface area (Å²) in [5.41, 5.74) is 3.98. The molecule has 132 valence electrons. The number of esters is 1. The van der Waals surface area contributed by atoms with Gasteiger partial charge in [0.2, 0.25) is 5.89 Å². The Labute approximate surface area is 157 Å². The van der Waals surface area contributed by atoms with Gasteiger partial charge in [-0.3, -0.25) is 0 Å². The largest absolute Gasteiger partial charge is 0.465 e. The Kier molecular flexibility index (Phi) is 4.54. The van der Waals surface area contributed by atoms with Gasteiger partial charge in [-0.1, -0.05) is 60.7 Å². The highest BCUT2D eigenvalue weighted by Crippen LogP contribution is 2.35. The zero-order valence-corrected chi connectivity index (χ0v) is 14.8. The fourth-order valence-electron chi connectivity index (χ4n) is 2.89. The standard InChI is InChI=1S/C23H17NO3/c1-26-23(25)19-14-12-17(13-15-19)21-20(16-8-4-2-5-9-16)24-22(27-21)18-10-6-3-7-11-18/h2-15H,1H3. The van der Waals surface area contributed by atoms with Crippen LogP contribution in [0.4, 0.5) is 0 Å². The second-order valence-electron chi connectivity index (χ2n) is 6.00. The van der Waals surface area contributed by atoms with Crippen molar-refractivity contribution in [3.05, 3.63) is 90.5 Å². The number of ether oxygens (including phenoxy) is 1. The van der Waals surface area contributed by atoms with Crippen LogP contribution in [0.15, 0.2) is 89.3 Å². The summed E-state index contributed by atoms with van der Waals surface area (Å²) in [5, 5.41) is 0. The average molecular weight is 355 g/mol. The molecule has 4 heteroatoms.